The molecule has 1 atom stereocenters. The summed E-state index contributed by atoms with van der Waals surface area (Å²) in [7, 11) is 2.96. The molecular formula is C29H30F2N6O7. The van der Waals surface area contributed by atoms with E-state index in [1.54, 1.807) is 18.2 Å². The molecule has 1 aliphatic rings. The number of anilines is 1. The highest BCUT2D eigenvalue weighted by atomic mass is 19.1. The van der Waals surface area contributed by atoms with Crippen molar-refractivity contribution in [3.05, 3.63) is 65.2 Å². The number of amidine groups is 2. The number of carboxylic acid groups (broad SMARTS) is 1. The zero-order valence-electron chi connectivity index (χ0n) is 24.0. The average molecular weight is 613 g/mol. The number of carbonyl (C=O) groups excluding carboxylic acids is 1. The third-order valence-electron chi connectivity index (χ3n) is 6.58. The van der Waals surface area contributed by atoms with E-state index in [1.807, 2.05) is 11.9 Å². The van der Waals surface area contributed by atoms with E-state index < -0.39 is 59.2 Å². The second-order valence-electron chi connectivity index (χ2n) is 9.63. The zero-order valence-corrected chi connectivity index (χ0v) is 24.0. The number of nitrogens with two attached hydrogens (primary N) is 1. The topological polar surface area (TPSA) is 184 Å². The van der Waals surface area contributed by atoms with Gasteiger partial charge in [-0.05, 0) is 37.3 Å². The van der Waals surface area contributed by atoms with Crippen LogP contribution in [0.5, 0.6) is 29.0 Å². The second kappa shape index (κ2) is 13.2. The number of nitrogens with one attached hydrogen (secondary N) is 1. The van der Waals surface area contributed by atoms with Gasteiger partial charge in [0.2, 0.25) is 11.6 Å². The van der Waals surface area contributed by atoms with Gasteiger partial charge in [-0.2, -0.15) is 13.8 Å². The maximum Gasteiger partial charge on any atom is 0.329 e. The molecule has 5 N–H and O–H groups in total. The Morgan fingerprint density at radius 1 is 1.16 bits per heavy atom. The molecule has 0 aliphatic carbocycles. The predicted octanol–water partition coefficient (Wildman–Crippen LogP) is 3.47. The zero-order chi connectivity index (χ0) is 32.1. The van der Waals surface area contributed by atoms with E-state index in [9.17, 15) is 19.8 Å². The van der Waals surface area contributed by atoms with E-state index in [2.05, 4.69) is 9.98 Å². The molecule has 4 rings (SSSR count). The Kier molecular flexibility index (Phi) is 9.46. The van der Waals surface area contributed by atoms with Crippen LogP contribution in [0.2, 0.25) is 0 Å². The average Bonchev–Trinajstić information content (AvgIpc) is 3.41. The fraction of sp³-hybridized carbons (Fsp3) is 0.276. The maximum atomic E-state index is 16.1. The highest BCUT2D eigenvalue weighted by Crippen LogP contribution is 2.40. The molecule has 0 fully saturated rings. The molecule has 13 nitrogen and oxygen atoms in total. The van der Waals surface area contributed by atoms with Crippen molar-refractivity contribution in [3.63, 3.8) is 0 Å². The number of carbonyl (C=O) groups is 2. The number of aromatic hydroxyl groups is 1. The minimum absolute atomic E-state index is 0.0944. The molecule has 0 radical (unpaired) electrons. The smallest absolute Gasteiger partial charge is 0.329 e. The first-order valence-corrected chi connectivity index (χ1v) is 13.3. The quantitative estimate of drug-likeness (QED) is 0.133. The van der Waals surface area contributed by atoms with Crippen molar-refractivity contribution in [2.75, 3.05) is 38.7 Å². The molecule has 0 saturated carbocycles. The Morgan fingerprint density at radius 2 is 1.86 bits per heavy atom. The Labute approximate surface area is 250 Å². The number of rotatable bonds is 12. The normalized spacial score (nSPS) is 13.2. The summed E-state index contributed by atoms with van der Waals surface area (Å²) < 4.78 is 48.4. The summed E-state index contributed by atoms with van der Waals surface area (Å²) in [6, 6.07) is 8.44. The van der Waals surface area contributed by atoms with Gasteiger partial charge in [0.1, 0.15) is 29.1 Å². The van der Waals surface area contributed by atoms with Crippen LogP contribution in [-0.4, -0.2) is 83.5 Å². The van der Waals surface area contributed by atoms with E-state index in [-0.39, 0.29) is 29.5 Å². The largest absolute Gasteiger partial charge is 0.504 e. The molecule has 1 aromatic heterocycles. The number of aliphatic carboxylic acids is 1. The van der Waals surface area contributed by atoms with Gasteiger partial charge in [-0.1, -0.05) is 12.1 Å². The number of benzene rings is 2. The van der Waals surface area contributed by atoms with Crippen molar-refractivity contribution in [2.24, 2.45) is 10.7 Å². The number of carboxylic acids is 1. The van der Waals surface area contributed by atoms with Crippen LogP contribution in [0, 0.1) is 17.0 Å². The Bertz CT molecular complexity index is 1630. The lowest BCUT2D eigenvalue weighted by atomic mass is 10.1. The van der Waals surface area contributed by atoms with Crippen LogP contribution in [0.3, 0.4) is 0 Å². The van der Waals surface area contributed by atoms with Gasteiger partial charge in [-0.25, -0.2) is 4.79 Å². The number of hydrogen-bond donors (Lipinski definition) is 4. The highest BCUT2D eigenvalue weighted by molar-refractivity contribution is 6.00. The molecule has 2 aromatic carbocycles. The van der Waals surface area contributed by atoms with Crippen LogP contribution >= 0.6 is 0 Å². The maximum absolute atomic E-state index is 16.1. The number of phenolic OH excluding ortho intramolecular Hbond substituents is 1. The molecular weight excluding hydrogens is 582 g/mol. The van der Waals surface area contributed by atoms with Crippen molar-refractivity contribution in [1.82, 2.24) is 9.88 Å². The number of aromatic nitrogens is 1. The van der Waals surface area contributed by atoms with Crippen LogP contribution in [0.25, 0.3) is 0 Å². The fourth-order valence-electron chi connectivity index (χ4n) is 4.39. The van der Waals surface area contributed by atoms with Gasteiger partial charge in [-0.3, -0.25) is 15.2 Å². The molecule has 0 bridgehead atoms. The molecule has 44 heavy (non-hydrogen) atoms. The third kappa shape index (κ3) is 6.77. The summed E-state index contributed by atoms with van der Waals surface area (Å²) in [5.74, 6) is -7.45. The van der Waals surface area contributed by atoms with Crippen molar-refractivity contribution in [2.45, 2.75) is 19.4 Å². The first kappa shape index (κ1) is 31.5. The van der Waals surface area contributed by atoms with Crippen molar-refractivity contribution in [1.29, 1.82) is 5.41 Å². The number of aliphatic imine (C=N–C) groups is 1. The molecule has 3 aromatic rings. The fourth-order valence-corrected chi connectivity index (χ4v) is 4.39. The van der Waals surface area contributed by atoms with Crippen LogP contribution in [0.1, 0.15) is 24.5 Å². The third-order valence-corrected chi connectivity index (χ3v) is 6.58. The summed E-state index contributed by atoms with van der Waals surface area (Å²) >= 11 is 0. The van der Waals surface area contributed by atoms with E-state index in [1.165, 1.54) is 19.1 Å². The number of hydrogen-bond acceptors (Lipinski definition) is 11. The number of nitrogen functional groups attached to an aromatic ring is 1. The number of esters is 1. The highest BCUT2D eigenvalue weighted by Gasteiger charge is 2.35. The van der Waals surface area contributed by atoms with E-state index in [4.69, 9.17) is 25.4 Å². The summed E-state index contributed by atoms with van der Waals surface area (Å²) in [4.78, 5) is 35.2. The molecule has 0 amide bonds. The van der Waals surface area contributed by atoms with Gasteiger partial charge in [0.05, 0.1) is 19.6 Å². The lowest BCUT2D eigenvalue weighted by molar-refractivity contribution is -0.149. The molecule has 0 saturated heterocycles. The Morgan fingerprint density at radius 3 is 2.48 bits per heavy atom. The summed E-state index contributed by atoms with van der Waals surface area (Å²) in [5.41, 5.74) is 5.39. The monoisotopic (exact) mass is 612 g/mol. The van der Waals surface area contributed by atoms with E-state index in [0.717, 1.165) is 24.1 Å². The summed E-state index contributed by atoms with van der Waals surface area (Å²) in [6.45, 7) is 2.68. The van der Waals surface area contributed by atoms with Crippen molar-refractivity contribution < 1.29 is 42.8 Å². The van der Waals surface area contributed by atoms with Gasteiger partial charge < -0.3 is 40.0 Å². The Balaban J connectivity index is 1.85. The molecule has 0 spiro atoms. The van der Waals surface area contributed by atoms with Crippen LogP contribution < -0.4 is 20.1 Å². The lowest BCUT2D eigenvalue weighted by Crippen LogP contribution is -2.42. The van der Waals surface area contributed by atoms with Crippen LogP contribution in [0.15, 0.2) is 47.5 Å². The Hall–Kier alpha value is -5.47. The van der Waals surface area contributed by atoms with E-state index >= 15 is 8.78 Å². The number of nitrogens with zero attached hydrogens (tertiary/aromatic N) is 4. The number of likely N-dealkylation sites (N-methyl/N-ethyl adjacent to an activating group) is 2. The van der Waals surface area contributed by atoms with Gasteiger partial charge in [0, 0.05) is 31.8 Å². The minimum Gasteiger partial charge on any atom is -0.504 e. The number of phenols is 1. The minimum atomic E-state index is -1.66. The number of ether oxygens (including phenoxy) is 3. The van der Waals surface area contributed by atoms with E-state index in [0.29, 0.717) is 24.5 Å². The van der Waals surface area contributed by atoms with Crippen molar-refractivity contribution >= 4 is 29.3 Å². The number of pyridine rings is 1. The van der Waals surface area contributed by atoms with Crippen molar-refractivity contribution in [3.8, 4) is 29.0 Å². The van der Waals surface area contributed by atoms with Crippen LogP contribution in [0.4, 0.5) is 14.5 Å². The lowest BCUT2D eigenvalue weighted by Gasteiger charge is -2.28. The molecule has 232 valence electrons. The number of halogens is 2. The first-order chi connectivity index (χ1) is 20.9. The SMILES string of the molecule is CCOC(=O)C(CC(=O)O)N(C)c1c(F)c(Oc2cccc(C3=NCCN3C)c2)nc(Oc2cc(C(=N)N)ccc2O)c1F. The van der Waals surface area contributed by atoms with Crippen LogP contribution in [-0.2, 0) is 14.3 Å². The predicted molar refractivity (Wildman–Crippen MR) is 155 cm³/mol. The molecule has 1 aliphatic heterocycles. The van der Waals surface area contributed by atoms with Gasteiger partial charge in [0.25, 0.3) is 11.8 Å². The summed E-state index contributed by atoms with van der Waals surface area (Å²) in [6.07, 6.45) is -0.859. The van der Waals surface area contributed by atoms with Gasteiger partial charge >= 0.3 is 11.9 Å². The molecule has 15 heteroatoms. The standard InChI is InChI=1S/C29H30F2N6O7/c1-4-42-29(41)18(14-21(39)40)37(3)24-22(30)27(43-17-7-5-6-16(12-17)26-34-10-11-36(26)2)35-28(23(24)31)44-20-13-15(25(32)33)8-9-19(20)38/h5-9,12-13,18,38H,4,10-11,14H2,1-3H3,(H3,32,33)(H,39,40). The van der Waals surface area contributed by atoms with Gasteiger partial charge in [0.15, 0.2) is 11.5 Å². The second-order valence-corrected chi connectivity index (χ2v) is 9.63. The van der Waals surface area contributed by atoms with Gasteiger partial charge in [-0.15, -0.1) is 0 Å². The summed E-state index contributed by atoms with van der Waals surface area (Å²) in [5, 5.41) is 27.4. The first-order valence-electron chi connectivity index (χ1n) is 13.3. The molecule has 2 heterocycles. The molecule has 1 unspecified atom stereocenters.